The summed E-state index contributed by atoms with van der Waals surface area (Å²) in [5, 5.41) is 0. The van der Waals surface area contributed by atoms with Gasteiger partial charge in [0, 0.05) is 12.3 Å². The van der Waals surface area contributed by atoms with E-state index in [2.05, 4.69) is 13.8 Å². The molecule has 0 aromatic carbocycles. The Balaban J connectivity index is 3.46. The van der Waals surface area contributed by atoms with Crippen molar-refractivity contribution in [2.75, 3.05) is 0 Å². The van der Waals surface area contributed by atoms with Crippen LogP contribution in [0.3, 0.4) is 0 Å². The molecule has 66 valence electrons. The number of carbonyl (C=O) groups excluding carboxylic acids is 1. The number of ketones is 1. The Labute approximate surface area is 70.2 Å². The molecule has 0 aliphatic carbocycles. The van der Waals surface area contributed by atoms with Crippen molar-refractivity contribution in [3.63, 3.8) is 0 Å². The molecule has 0 saturated carbocycles. The van der Waals surface area contributed by atoms with Gasteiger partial charge in [-0.2, -0.15) is 0 Å². The second-order valence-electron chi connectivity index (χ2n) is 3.67. The molecular weight excluding hydrogens is 136 g/mol. The Hall–Kier alpha value is -0.330. The largest absolute Gasteiger partial charge is 0.299 e. The molecule has 0 fully saturated rings. The van der Waals surface area contributed by atoms with Crippen molar-refractivity contribution < 1.29 is 4.79 Å². The number of hydrogen-bond acceptors (Lipinski definition) is 1. The van der Waals surface area contributed by atoms with Crippen molar-refractivity contribution in [3.05, 3.63) is 0 Å². The normalized spacial score (nSPS) is 13.5. The molecule has 11 heavy (non-hydrogen) atoms. The molecule has 0 aliphatic rings. The van der Waals surface area contributed by atoms with Gasteiger partial charge in [-0.25, -0.2) is 0 Å². The maximum atomic E-state index is 11.2. The van der Waals surface area contributed by atoms with Crippen LogP contribution >= 0.6 is 0 Å². The first-order valence-corrected chi connectivity index (χ1v) is 4.60. The summed E-state index contributed by atoms with van der Waals surface area (Å²) in [6.45, 7) is 8.32. The molecule has 1 atom stereocenters. The zero-order valence-electron chi connectivity index (χ0n) is 8.18. The van der Waals surface area contributed by atoms with Crippen LogP contribution in [-0.2, 0) is 4.79 Å². The third-order valence-electron chi connectivity index (χ3n) is 2.22. The van der Waals surface area contributed by atoms with Crippen LogP contribution in [0.5, 0.6) is 0 Å². The summed E-state index contributed by atoms with van der Waals surface area (Å²) in [4.78, 5) is 11.2. The van der Waals surface area contributed by atoms with Gasteiger partial charge in [-0.3, -0.25) is 4.79 Å². The topological polar surface area (TPSA) is 17.1 Å². The lowest BCUT2D eigenvalue weighted by molar-refractivity contribution is -0.122. The molecule has 0 unspecified atom stereocenters. The molecule has 1 nitrogen and oxygen atoms in total. The van der Waals surface area contributed by atoms with E-state index in [1.165, 1.54) is 6.42 Å². The molecule has 0 saturated heterocycles. The first-order chi connectivity index (χ1) is 5.07. The van der Waals surface area contributed by atoms with Gasteiger partial charge in [-0.15, -0.1) is 0 Å². The lowest BCUT2D eigenvalue weighted by atomic mass is 9.97. The minimum Gasteiger partial charge on any atom is -0.299 e. The third-order valence-corrected chi connectivity index (χ3v) is 2.22. The average molecular weight is 156 g/mol. The Bertz CT molecular complexity index is 116. The molecule has 0 aliphatic heterocycles. The summed E-state index contributed by atoms with van der Waals surface area (Å²) >= 11 is 0. The average Bonchev–Trinajstić information content (AvgIpc) is 1.99. The van der Waals surface area contributed by atoms with E-state index in [0.29, 0.717) is 11.7 Å². The summed E-state index contributed by atoms with van der Waals surface area (Å²) in [7, 11) is 0. The van der Waals surface area contributed by atoms with E-state index < -0.39 is 0 Å². The molecule has 0 heterocycles. The zero-order valence-corrected chi connectivity index (χ0v) is 8.18. The number of rotatable bonds is 5. The fourth-order valence-electron chi connectivity index (χ4n) is 0.881. The maximum Gasteiger partial charge on any atom is 0.135 e. The molecule has 0 radical (unpaired) electrons. The standard InChI is InChI=1S/C10H20O/c1-5-9(4)6-7-10(11)8(2)3/h8-9H,5-7H2,1-4H3/t9-/m0/s1. The van der Waals surface area contributed by atoms with Crippen LogP contribution in [0.2, 0.25) is 0 Å². The monoisotopic (exact) mass is 156 g/mol. The van der Waals surface area contributed by atoms with Crippen molar-refractivity contribution in [1.82, 2.24) is 0 Å². The van der Waals surface area contributed by atoms with Gasteiger partial charge >= 0.3 is 0 Å². The van der Waals surface area contributed by atoms with E-state index in [1.807, 2.05) is 13.8 Å². The molecular formula is C10H20O. The second kappa shape index (κ2) is 5.34. The second-order valence-corrected chi connectivity index (χ2v) is 3.67. The van der Waals surface area contributed by atoms with Gasteiger partial charge in [0.15, 0.2) is 0 Å². The molecule has 0 bridgehead atoms. The highest BCUT2D eigenvalue weighted by atomic mass is 16.1. The van der Waals surface area contributed by atoms with E-state index >= 15 is 0 Å². The van der Waals surface area contributed by atoms with Gasteiger partial charge in [-0.05, 0) is 12.3 Å². The minimum absolute atomic E-state index is 0.221. The Kier molecular flexibility index (Phi) is 5.18. The summed E-state index contributed by atoms with van der Waals surface area (Å²) in [6, 6.07) is 0. The third kappa shape index (κ3) is 5.00. The van der Waals surface area contributed by atoms with Gasteiger partial charge in [0.25, 0.3) is 0 Å². The van der Waals surface area contributed by atoms with Crippen LogP contribution in [0, 0.1) is 11.8 Å². The van der Waals surface area contributed by atoms with E-state index in [1.54, 1.807) is 0 Å². The molecule has 0 aromatic heterocycles. The Morgan fingerprint density at radius 2 is 1.82 bits per heavy atom. The Morgan fingerprint density at radius 3 is 2.18 bits per heavy atom. The van der Waals surface area contributed by atoms with Crippen LogP contribution in [-0.4, -0.2) is 5.78 Å². The van der Waals surface area contributed by atoms with E-state index in [9.17, 15) is 4.79 Å². The van der Waals surface area contributed by atoms with Crippen molar-refractivity contribution in [3.8, 4) is 0 Å². The first-order valence-electron chi connectivity index (χ1n) is 4.60. The summed E-state index contributed by atoms with van der Waals surface area (Å²) < 4.78 is 0. The van der Waals surface area contributed by atoms with Crippen molar-refractivity contribution in [1.29, 1.82) is 0 Å². The molecule has 0 spiro atoms. The van der Waals surface area contributed by atoms with E-state index in [0.717, 1.165) is 12.8 Å². The highest BCUT2D eigenvalue weighted by molar-refractivity contribution is 5.80. The van der Waals surface area contributed by atoms with Crippen molar-refractivity contribution >= 4 is 5.78 Å². The van der Waals surface area contributed by atoms with Gasteiger partial charge < -0.3 is 0 Å². The smallest absolute Gasteiger partial charge is 0.135 e. The van der Waals surface area contributed by atoms with Crippen LogP contribution in [0.25, 0.3) is 0 Å². The molecule has 0 aromatic rings. The highest BCUT2D eigenvalue weighted by Crippen LogP contribution is 2.11. The molecule has 0 amide bonds. The van der Waals surface area contributed by atoms with E-state index in [-0.39, 0.29) is 5.92 Å². The molecule has 0 rings (SSSR count). The van der Waals surface area contributed by atoms with Gasteiger partial charge in [0.2, 0.25) is 0 Å². The van der Waals surface area contributed by atoms with Crippen LogP contribution in [0.15, 0.2) is 0 Å². The predicted molar refractivity (Wildman–Crippen MR) is 48.5 cm³/mol. The summed E-state index contributed by atoms with van der Waals surface area (Å²) in [5.74, 6) is 1.34. The summed E-state index contributed by atoms with van der Waals surface area (Å²) in [5.41, 5.74) is 0. The SMILES string of the molecule is CC[C@H](C)CCC(=O)C(C)C. The lowest BCUT2D eigenvalue weighted by Gasteiger charge is -2.08. The Morgan fingerprint density at radius 1 is 1.27 bits per heavy atom. The minimum atomic E-state index is 0.221. The fraction of sp³-hybridized carbons (Fsp3) is 0.900. The maximum absolute atomic E-state index is 11.2. The lowest BCUT2D eigenvalue weighted by Crippen LogP contribution is -2.08. The number of Topliss-reactive ketones (excluding diaryl/α,β-unsaturated/α-hetero) is 1. The number of carbonyl (C=O) groups is 1. The molecule has 0 N–H and O–H groups in total. The highest BCUT2D eigenvalue weighted by Gasteiger charge is 2.08. The van der Waals surface area contributed by atoms with Gasteiger partial charge in [0.05, 0.1) is 0 Å². The van der Waals surface area contributed by atoms with Crippen LogP contribution < -0.4 is 0 Å². The van der Waals surface area contributed by atoms with Crippen molar-refractivity contribution in [2.24, 2.45) is 11.8 Å². The van der Waals surface area contributed by atoms with Crippen molar-refractivity contribution in [2.45, 2.75) is 47.0 Å². The molecule has 1 heteroatoms. The van der Waals surface area contributed by atoms with Crippen LogP contribution in [0.1, 0.15) is 47.0 Å². The van der Waals surface area contributed by atoms with E-state index in [4.69, 9.17) is 0 Å². The number of hydrogen-bond donors (Lipinski definition) is 0. The predicted octanol–water partition coefficient (Wildman–Crippen LogP) is 3.04. The van der Waals surface area contributed by atoms with Crippen LogP contribution in [0.4, 0.5) is 0 Å². The fourth-order valence-corrected chi connectivity index (χ4v) is 0.881. The quantitative estimate of drug-likeness (QED) is 0.598. The zero-order chi connectivity index (χ0) is 8.85. The summed E-state index contributed by atoms with van der Waals surface area (Å²) in [6.07, 6.45) is 3.02. The van der Waals surface area contributed by atoms with Gasteiger partial charge in [0.1, 0.15) is 5.78 Å². The first kappa shape index (κ1) is 10.7. The van der Waals surface area contributed by atoms with Gasteiger partial charge in [-0.1, -0.05) is 34.1 Å².